The average Bonchev–Trinajstić information content (AvgIpc) is 3.49. The molecule has 1 heterocycles. The van der Waals surface area contributed by atoms with E-state index in [1.807, 2.05) is 44.2 Å². The van der Waals surface area contributed by atoms with E-state index < -0.39 is 39.8 Å². The number of anilines is 3. The van der Waals surface area contributed by atoms with Crippen LogP contribution in [0.5, 0.6) is 0 Å². The molecule has 4 amide bonds. The van der Waals surface area contributed by atoms with Gasteiger partial charge in [-0.1, -0.05) is 78.2 Å². The number of nitrogens with one attached hydrogen (secondary N) is 2. The highest BCUT2D eigenvalue weighted by molar-refractivity contribution is 7.93. The first-order chi connectivity index (χ1) is 26.8. The molecule has 0 spiro atoms. The molecule has 0 saturated carbocycles. The standard InChI is InChI=1S/C40H43Cl2N5O8S/c1-4-46(5-2)39(50)45-26-18-20-27(21-19-26)56(52,53)47-32-23-30(35(42)36(43)34(32)33(37(47)48)29-16-9-10-17-31(29)41)28(38(49)54-3)15-11-12-22-44-40(51)55-24-25-13-7-6-8-14-25/h6-10,13-14,16-21,23,28,33H,4-5,11-12,15,22,24,43H2,1-3H3,(H,44,51)(H,45,50)/t28-,33?/m1/s1. The lowest BCUT2D eigenvalue weighted by Crippen LogP contribution is -2.35. The number of nitrogens with zero attached hydrogens (tertiary/aromatic N) is 2. The number of sulfonamides is 1. The molecule has 0 bridgehead atoms. The van der Waals surface area contributed by atoms with Crippen LogP contribution in [0.4, 0.5) is 26.7 Å². The second kappa shape index (κ2) is 18.5. The quantitative estimate of drug-likeness (QED) is 0.0617. The molecule has 4 aromatic rings. The first kappa shape index (κ1) is 41.8. The van der Waals surface area contributed by atoms with E-state index in [0.717, 1.165) is 5.56 Å². The van der Waals surface area contributed by atoms with Gasteiger partial charge in [-0.3, -0.25) is 9.59 Å². The summed E-state index contributed by atoms with van der Waals surface area (Å²) in [6, 6.07) is 22.2. The molecular formula is C40H43Cl2N5O8S. The molecule has 5 rings (SSSR count). The molecule has 4 N–H and O–H groups in total. The third kappa shape index (κ3) is 9.04. The monoisotopic (exact) mass is 823 g/mol. The summed E-state index contributed by atoms with van der Waals surface area (Å²) in [5.74, 6) is -3.79. The number of benzene rings is 4. The number of esters is 1. The summed E-state index contributed by atoms with van der Waals surface area (Å²) in [4.78, 5) is 53.9. The van der Waals surface area contributed by atoms with Crippen LogP contribution in [0.2, 0.25) is 10.0 Å². The minimum atomic E-state index is -4.63. The fourth-order valence-corrected chi connectivity index (χ4v) is 8.52. The lowest BCUT2D eigenvalue weighted by molar-refractivity contribution is -0.142. The molecule has 2 atom stereocenters. The number of hydrogen-bond donors (Lipinski definition) is 3. The minimum absolute atomic E-state index is 0.0424. The zero-order chi connectivity index (χ0) is 40.6. The van der Waals surface area contributed by atoms with Crippen molar-refractivity contribution < 1.29 is 37.1 Å². The van der Waals surface area contributed by atoms with E-state index in [2.05, 4.69) is 10.6 Å². The van der Waals surface area contributed by atoms with Crippen molar-refractivity contribution in [2.45, 2.75) is 56.4 Å². The van der Waals surface area contributed by atoms with E-state index >= 15 is 0 Å². The number of carbonyl (C=O) groups is 4. The minimum Gasteiger partial charge on any atom is -0.469 e. The first-order valence-corrected chi connectivity index (χ1v) is 20.2. The molecule has 0 fully saturated rings. The van der Waals surface area contributed by atoms with Gasteiger partial charge in [-0.2, -0.15) is 0 Å². The second-order valence-electron chi connectivity index (χ2n) is 12.9. The summed E-state index contributed by atoms with van der Waals surface area (Å²) in [5, 5.41) is 5.59. The normalized spacial score (nSPS) is 14.1. The molecule has 4 aromatic carbocycles. The number of fused-ring (bicyclic) bond motifs is 1. The van der Waals surface area contributed by atoms with Crippen molar-refractivity contribution in [3.05, 3.63) is 117 Å². The number of urea groups is 1. The highest BCUT2D eigenvalue weighted by atomic mass is 35.5. The second-order valence-corrected chi connectivity index (χ2v) is 15.4. The number of ether oxygens (including phenoxy) is 2. The van der Waals surface area contributed by atoms with Gasteiger partial charge in [0.15, 0.2) is 0 Å². The number of hydrogen-bond acceptors (Lipinski definition) is 9. The maximum Gasteiger partial charge on any atom is 0.407 e. The van der Waals surface area contributed by atoms with Crippen LogP contribution >= 0.6 is 23.2 Å². The Morgan fingerprint density at radius 2 is 1.61 bits per heavy atom. The summed E-state index contributed by atoms with van der Waals surface area (Å²) < 4.78 is 40.0. The molecule has 0 saturated heterocycles. The Kier molecular flexibility index (Phi) is 13.9. The van der Waals surface area contributed by atoms with E-state index in [9.17, 15) is 27.6 Å². The number of rotatable bonds is 15. The van der Waals surface area contributed by atoms with Crippen LogP contribution in [0.3, 0.4) is 0 Å². The SMILES string of the molecule is CCN(CC)C(=O)Nc1ccc(S(=O)(=O)N2C(=O)C(c3ccccc3Cl)c3c2cc([C@@H](CCCCNC(=O)OCc2ccccc2)C(=O)OC)c(Cl)c3N)cc1. The van der Waals surface area contributed by atoms with Gasteiger partial charge in [-0.25, -0.2) is 22.3 Å². The van der Waals surface area contributed by atoms with Crippen molar-refractivity contribution in [1.82, 2.24) is 10.2 Å². The maximum absolute atomic E-state index is 14.5. The highest BCUT2D eigenvalue weighted by Gasteiger charge is 2.48. The van der Waals surface area contributed by atoms with Crippen LogP contribution in [0.25, 0.3) is 0 Å². The van der Waals surface area contributed by atoms with E-state index in [0.29, 0.717) is 41.5 Å². The van der Waals surface area contributed by atoms with Gasteiger partial charge in [-0.05, 0) is 79.8 Å². The van der Waals surface area contributed by atoms with E-state index in [1.165, 1.54) is 37.4 Å². The topological polar surface area (TPSA) is 177 Å². The van der Waals surface area contributed by atoms with Crippen molar-refractivity contribution in [2.75, 3.05) is 42.1 Å². The van der Waals surface area contributed by atoms with E-state index in [4.69, 9.17) is 38.4 Å². The van der Waals surface area contributed by atoms with Crippen LogP contribution in [-0.4, -0.2) is 64.1 Å². The van der Waals surface area contributed by atoms with Gasteiger partial charge < -0.3 is 30.7 Å². The molecule has 0 aromatic heterocycles. The van der Waals surface area contributed by atoms with Crippen LogP contribution in [0, 0.1) is 0 Å². The fourth-order valence-electron chi connectivity index (χ4n) is 6.54. The van der Waals surface area contributed by atoms with Gasteiger partial charge in [0.2, 0.25) is 0 Å². The number of unbranched alkanes of at least 4 members (excludes halogenated alkanes) is 1. The predicted molar refractivity (Wildman–Crippen MR) is 215 cm³/mol. The Morgan fingerprint density at radius 3 is 2.25 bits per heavy atom. The van der Waals surface area contributed by atoms with Crippen molar-refractivity contribution in [3.63, 3.8) is 0 Å². The van der Waals surface area contributed by atoms with Gasteiger partial charge in [0, 0.05) is 35.9 Å². The van der Waals surface area contributed by atoms with Crippen molar-refractivity contribution >= 4 is 74.3 Å². The summed E-state index contributed by atoms with van der Waals surface area (Å²) in [7, 11) is -3.41. The number of nitrogen functional groups attached to an aromatic ring is 1. The lowest BCUT2D eigenvalue weighted by atomic mass is 9.87. The van der Waals surface area contributed by atoms with Gasteiger partial charge in [-0.15, -0.1) is 0 Å². The molecule has 296 valence electrons. The number of amides is 4. The zero-order valence-electron chi connectivity index (χ0n) is 31.1. The number of alkyl carbamates (subject to hydrolysis) is 1. The summed E-state index contributed by atoms with van der Waals surface area (Å²) in [5.41, 5.74) is 8.27. The maximum atomic E-state index is 14.5. The predicted octanol–water partition coefficient (Wildman–Crippen LogP) is 7.67. The van der Waals surface area contributed by atoms with Crippen LogP contribution in [-0.2, 0) is 35.7 Å². The zero-order valence-corrected chi connectivity index (χ0v) is 33.4. The molecule has 0 aliphatic carbocycles. The highest BCUT2D eigenvalue weighted by Crippen LogP contribution is 2.52. The van der Waals surface area contributed by atoms with Crippen LogP contribution in [0.15, 0.2) is 89.8 Å². The summed E-state index contributed by atoms with van der Waals surface area (Å²) in [6.07, 6.45) is 0.448. The van der Waals surface area contributed by atoms with Crippen molar-refractivity contribution in [3.8, 4) is 0 Å². The molecule has 13 nitrogen and oxygen atoms in total. The van der Waals surface area contributed by atoms with Crippen molar-refractivity contribution in [1.29, 1.82) is 0 Å². The van der Waals surface area contributed by atoms with Crippen LogP contribution in [0.1, 0.15) is 67.2 Å². The molecule has 0 radical (unpaired) electrons. The lowest BCUT2D eigenvalue weighted by Gasteiger charge is -2.22. The molecular weight excluding hydrogens is 781 g/mol. The summed E-state index contributed by atoms with van der Waals surface area (Å²) >= 11 is 13.5. The van der Waals surface area contributed by atoms with Gasteiger partial charge >= 0.3 is 18.1 Å². The third-order valence-electron chi connectivity index (χ3n) is 9.48. The third-order valence-corrected chi connectivity index (χ3v) is 12.0. The number of halogens is 2. The van der Waals surface area contributed by atoms with Gasteiger partial charge in [0.25, 0.3) is 15.9 Å². The Labute approximate surface area is 336 Å². The van der Waals surface area contributed by atoms with Gasteiger partial charge in [0.05, 0.1) is 40.2 Å². The Bertz CT molecular complexity index is 2180. The Balaban J connectivity index is 1.45. The molecule has 1 aliphatic heterocycles. The number of carbonyl (C=O) groups excluding carboxylic acids is 4. The average molecular weight is 825 g/mol. The van der Waals surface area contributed by atoms with Crippen molar-refractivity contribution in [2.24, 2.45) is 0 Å². The molecule has 1 unspecified atom stereocenters. The molecule has 1 aliphatic rings. The van der Waals surface area contributed by atoms with E-state index in [-0.39, 0.29) is 63.0 Å². The molecule has 56 heavy (non-hydrogen) atoms. The fraction of sp³-hybridized carbons (Fsp3) is 0.300. The Morgan fingerprint density at radius 1 is 0.946 bits per heavy atom. The number of methoxy groups -OCH3 is 1. The van der Waals surface area contributed by atoms with Crippen LogP contribution < -0.4 is 20.7 Å². The largest absolute Gasteiger partial charge is 0.469 e. The number of nitrogens with two attached hydrogens (primary N) is 1. The smallest absolute Gasteiger partial charge is 0.407 e. The van der Waals surface area contributed by atoms with Gasteiger partial charge in [0.1, 0.15) is 6.61 Å². The Hall–Kier alpha value is -5.31. The van der Waals surface area contributed by atoms with E-state index in [1.54, 1.807) is 29.2 Å². The first-order valence-electron chi connectivity index (χ1n) is 18.0. The summed E-state index contributed by atoms with van der Waals surface area (Å²) in [6.45, 7) is 5.00. The molecule has 16 heteroatoms.